The van der Waals surface area contributed by atoms with Gasteiger partial charge in [0.1, 0.15) is 11.5 Å². The first-order valence-electron chi connectivity index (χ1n) is 11.2. The predicted molar refractivity (Wildman–Crippen MR) is 123 cm³/mol. The summed E-state index contributed by atoms with van der Waals surface area (Å²) in [6.45, 7) is 1.79. The molecule has 0 fully saturated rings. The quantitative estimate of drug-likeness (QED) is 0.478. The highest BCUT2D eigenvalue weighted by Crippen LogP contribution is 2.29. The van der Waals surface area contributed by atoms with Gasteiger partial charge in [0.25, 0.3) is 5.91 Å². The van der Waals surface area contributed by atoms with Crippen molar-refractivity contribution in [3.05, 3.63) is 77.2 Å². The molecule has 1 aliphatic heterocycles. The highest BCUT2D eigenvalue weighted by Gasteiger charge is 2.35. The Morgan fingerprint density at radius 3 is 2.53 bits per heavy atom. The van der Waals surface area contributed by atoms with E-state index >= 15 is 0 Å². The molecule has 0 radical (unpaired) electrons. The van der Waals surface area contributed by atoms with Crippen LogP contribution < -0.4 is 10.1 Å². The monoisotopic (exact) mass is 523 g/mol. The summed E-state index contributed by atoms with van der Waals surface area (Å²) in [5, 5.41) is 6.75. The van der Waals surface area contributed by atoms with Crippen LogP contribution in [0.4, 0.5) is 13.2 Å². The second-order valence-electron chi connectivity index (χ2n) is 8.44. The molecule has 0 saturated carbocycles. The number of sulfonamides is 1. The number of nitrogens with one attached hydrogen (secondary N) is 1. The van der Waals surface area contributed by atoms with Crippen LogP contribution in [0, 0.1) is 0 Å². The SMILES string of the molecule is CC(CCc1ccccc1)NC(=O)c1noc2c1CN(S(=O)(=O)c1ccc(OC(F)(F)F)cc1)CC2. The maximum absolute atomic E-state index is 13.1. The van der Waals surface area contributed by atoms with Gasteiger partial charge in [-0.25, -0.2) is 8.42 Å². The number of halogens is 3. The van der Waals surface area contributed by atoms with Crippen LogP contribution in [-0.2, 0) is 29.4 Å². The Bertz CT molecular complexity index is 1310. The Balaban J connectivity index is 1.43. The first kappa shape index (κ1) is 25.7. The van der Waals surface area contributed by atoms with Crippen molar-refractivity contribution in [3.8, 4) is 5.75 Å². The molecular weight excluding hydrogens is 499 g/mol. The van der Waals surface area contributed by atoms with Gasteiger partial charge in [0.15, 0.2) is 5.69 Å². The fourth-order valence-electron chi connectivity index (χ4n) is 3.92. The minimum Gasteiger partial charge on any atom is -0.406 e. The van der Waals surface area contributed by atoms with Crippen molar-refractivity contribution in [1.29, 1.82) is 0 Å². The van der Waals surface area contributed by atoms with E-state index in [4.69, 9.17) is 4.52 Å². The molecule has 1 amide bonds. The highest BCUT2D eigenvalue weighted by atomic mass is 32.2. The van der Waals surface area contributed by atoms with E-state index in [9.17, 15) is 26.4 Å². The molecule has 4 rings (SSSR count). The summed E-state index contributed by atoms with van der Waals surface area (Å²) >= 11 is 0. The predicted octanol–water partition coefficient (Wildman–Crippen LogP) is 4.07. The molecule has 0 aliphatic carbocycles. The lowest BCUT2D eigenvalue weighted by Gasteiger charge is -2.25. The van der Waals surface area contributed by atoms with Gasteiger partial charge in [-0.15, -0.1) is 13.2 Å². The van der Waals surface area contributed by atoms with Gasteiger partial charge in [0.2, 0.25) is 10.0 Å². The summed E-state index contributed by atoms with van der Waals surface area (Å²) in [4.78, 5) is 12.7. The third-order valence-electron chi connectivity index (χ3n) is 5.79. The van der Waals surface area contributed by atoms with E-state index in [1.165, 1.54) is 0 Å². The average molecular weight is 524 g/mol. The number of aromatic nitrogens is 1. The second kappa shape index (κ2) is 10.3. The minimum atomic E-state index is -4.88. The lowest BCUT2D eigenvalue weighted by Crippen LogP contribution is -2.38. The molecule has 192 valence electrons. The first-order chi connectivity index (χ1) is 17.0. The number of ether oxygens (including phenoxy) is 1. The largest absolute Gasteiger partial charge is 0.573 e. The van der Waals surface area contributed by atoms with Crippen LogP contribution in [0.2, 0.25) is 0 Å². The van der Waals surface area contributed by atoms with Crippen molar-refractivity contribution in [1.82, 2.24) is 14.8 Å². The third-order valence-corrected chi connectivity index (χ3v) is 7.65. The zero-order valence-corrected chi connectivity index (χ0v) is 20.1. The van der Waals surface area contributed by atoms with E-state index in [-0.39, 0.29) is 36.1 Å². The van der Waals surface area contributed by atoms with Crippen molar-refractivity contribution in [3.63, 3.8) is 0 Å². The fraction of sp³-hybridized carbons (Fsp3) is 0.333. The van der Waals surface area contributed by atoms with Gasteiger partial charge < -0.3 is 14.6 Å². The molecule has 0 saturated heterocycles. The number of aryl methyl sites for hydroxylation is 1. The Morgan fingerprint density at radius 2 is 1.86 bits per heavy atom. The number of hydrogen-bond acceptors (Lipinski definition) is 6. The van der Waals surface area contributed by atoms with Gasteiger partial charge in [0.05, 0.1) is 4.90 Å². The van der Waals surface area contributed by atoms with Crippen LogP contribution in [0.25, 0.3) is 0 Å². The molecule has 1 unspecified atom stereocenters. The molecule has 1 aliphatic rings. The normalized spacial score (nSPS) is 15.2. The smallest absolute Gasteiger partial charge is 0.406 e. The van der Waals surface area contributed by atoms with Crippen molar-refractivity contribution >= 4 is 15.9 Å². The summed E-state index contributed by atoms with van der Waals surface area (Å²) in [6, 6.07) is 13.6. The molecule has 0 spiro atoms. The van der Waals surface area contributed by atoms with E-state index in [2.05, 4.69) is 15.2 Å². The van der Waals surface area contributed by atoms with E-state index < -0.39 is 28.0 Å². The summed E-state index contributed by atoms with van der Waals surface area (Å²) in [6.07, 6.45) is -3.20. The van der Waals surface area contributed by atoms with Crippen LogP contribution in [0.5, 0.6) is 5.75 Å². The Kier molecular flexibility index (Phi) is 7.36. The maximum Gasteiger partial charge on any atom is 0.573 e. The van der Waals surface area contributed by atoms with E-state index in [1.807, 2.05) is 37.3 Å². The number of carbonyl (C=O) groups excluding carboxylic acids is 1. The van der Waals surface area contributed by atoms with Crippen molar-refractivity contribution < 1.29 is 35.6 Å². The molecule has 36 heavy (non-hydrogen) atoms. The average Bonchev–Trinajstić information content (AvgIpc) is 3.26. The van der Waals surface area contributed by atoms with Crippen LogP contribution in [0.1, 0.15) is 40.7 Å². The molecular formula is C24H24F3N3O5S. The molecule has 2 aromatic carbocycles. The molecule has 1 N–H and O–H groups in total. The number of benzene rings is 2. The molecule has 8 nitrogen and oxygen atoms in total. The fourth-order valence-corrected chi connectivity index (χ4v) is 5.33. The van der Waals surface area contributed by atoms with E-state index in [1.54, 1.807) is 0 Å². The summed E-state index contributed by atoms with van der Waals surface area (Å²) in [5.74, 6) is -0.562. The highest BCUT2D eigenvalue weighted by molar-refractivity contribution is 7.89. The summed E-state index contributed by atoms with van der Waals surface area (Å²) in [5.41, 5.74) is 1.54. The number of rotatable bonds is 8. The Morgan fingerprint density at radius 1 is 1.17 bits per heavy atom. The van der Waals surface area contributed by atoms with Crippen LogP contribution in [-0.4, -0.2) is 42.7 Å². The van der Waals surface area contributed by atoms with Crippen molar-refractivity contribution in [2.45, 2.75) is 50.0 Å². The number of hydrogen-bond donors (Lipinski definition) is 1. The van der Waals surface area contributed by atoms with Crippen LogP contribution >= 0.6 is 0 Å². The summed E-state index contributed by atoms with van der Waals surface area (Å²) in [7, 11) is -4.05. The minimum absolute atomic E-state index is 0.0189. The van der Waals surface area contributed by atoms with Gasteiger partial charge in [-0.2, -0.15) is 4.31 Å². The number of fused-ring (bicyclic) bond motifs is 1. The molecule has 1 aromatic heterocycles. The van der Waals surface area contributed by atoms with Gasteiger partial charge in [0, 0.05) is 31.1 Å². The summed E-state index contributed by atoms with van der Waals surface area (Å²) < 4.78 is 73.6. The Hall–Kier alpha value is -3.38. The Labute approximate surface area is 206 Å². The van der Waals surface area contributed by atoms with Crippen LogP contribution in [0.3, 0.4) is 0 Å². The zero-order chi connectivity index (χ0) is 25.9. The first-order valence-corrected chi connectivity index (χ1v) is 12.6. The number of amides is 1. The van der Waals surface area contributed by atoms with Gasteiger partial charge in [-0.3, -0.25) is 4.79 Å². The molecule has 12 heteroatoms. The number of nitrogens with zero attached hydrogens (tertiary/aromatic N) is 2. The van der Waals surface area contributed by atoms with Gasteiger partial charge in [-0.05, 0) is 49.6 Å². The zero-order valence-electron chi connectivity index (χ0n) is 19.3. The molecule has 0 bridgehead atoms. The number of alkyl halides is 3. The lowest BCUT2D eigenvalue weighted by atomic mass is 10.1. The lowest BCUT2D eigenvalue weighted by molar-refractivity contribution is -0.274. The molecule has 1 atom stereocenters. The van der Waals surface area contributed by atoms with Crippen LogP contribution in [0.15, 0.2) is 64.0 Å². The van der Waals surface area contributed by atoms with E-state index in [0.717, 1.165) is 40.6 Å². The second-order valence-corrected chi connectivity index (χ2v) is 10.4. The third kappa shape index (κ3) is 6.05. The maximum atomic E-state index is 13.1. The molecule has 2 heterocycles. The molecule has 3 aromatic rings. The standard InChI is InChI=1S/C24H24F3N3O5S/c1-16(7-8-17-5-3-2-4-6-17)28-23(31)22-20-15-30(14-13-21(20)35-29-22)36(32,33)19-11-9-18(10-12-19)34-24(25,26)27/h2-6,9-12,16H,7-8,13-15H2,1H3,(H,28,31). The van der Waals surface area contributed by atoms with Crippen molar-refractivity contribution in [2.75, 3.05) is 6.54 Å². The van der Waals surface area contributed by atoms with E-state index in [0.29, 0.717) is 17.7 Å². The van der Waals surface area contributed by atoms with Gasteiger partial charge in [-0.1, -0.05) is 35.5 Å². The topological polar surface area (TPSA) is 102 Å². The van der Waals surface area contributed by atoms with Crippen molar-refractivity contribution in [2.24, 2.45) is 0 Å². The van der Waals surface area contributed by atoms with Gasteiger partial charge >= 0.3 is 6.36 Å². The number of carbonyl (C=O) groups is 1.